The van der Waals surface area contributed by atoms with Crippen LogP contribution in [0.3, 0.4) is 0 Å². The number of hydrogen-bond donors (Lipinski definition) is 0. The van der Waals surface area contributed by atoms with Crippen LogP contribution in [0.15, 0.2) is 23.6 Å². The summed E-state index contributed by atoms with van der Waals surface area (Å²) in [6, 6.07) is 0. The van der Waals surface area contributed by atoms with Crippen LogP contribution in [0.1, 0.15) is 112 Å². The second kappa shape index (κ2) is 9.41. The van der Waals surface area contributed by atoms with Gasteiger partial charge in [-0.2, -0.15) is 0 Å². The third kappa shape index (κ3) is 3.98. The molecular weight excluding hydrogens is 407 g/mol. The SMILES string of the molecule is C/C=C1/CN2CCC3(CC3)[C@@]2(CC(C)C)C1.CC.CCC[C@]12C/C(=C/F)CN1CCC21CC1. The molecule has 2 spiro atoms. The van der Waals surface area contributed by atoms with Crippen LogP contribution in [0.25, 0.3) is 0 Å². The summed E-state index contributed by atoms with van der Waals surface area (Å²) in [7, 11) is 0. The number of allylic oxidation sites excluding steroid dienone is 1. The number of fused-ring (bicyclic) bond motifs is 4. The summed E-state index contributed by atoms with van der Waals surface area (Å²) in [5.41, 5.74) is 5.00. The van der Waals surface area contributed by atoms with Crippen molar-refractivity contribution in [2.24, 2.45) is 16.7 Å². The van der Waals surface area contributed by atoms with Crippen molar-refractivity contribution in [1.29, 1.82) is 0 Å². The lowest BCUT2D eigenvalue weighted by Crippen LogP contribution is -2.45. The minimum Gasteiger partial charge on any atom is -0.293 e. The molecule has 0 aromatic carbocycles. The number of rotatable bonds is 4. The second-order valence-electron chi connectivity index (χ2n) is 12.4. The minimum atomic E-state index is 0.361. The molecule has 33 heavy (non-hydrogen) atoms. The highest BCUT2D eigenvalue weighted by Gasteiger charge is 2.67. The molecule has 6 rings (SSSR count). The van der Waals surface area contributed by atoms with Crippen LogP contribution in [0.5, 0.6) is 0 Å². The molecule has 4 aliphatic heterocycles. The number of hydrogen-bond acceptors (Lipinski definition) is 2. The van der Waals surface area contributed by atoms with E-state index in [4.69, 9.17) is 0 Å². The Morgan fingerprint density at radius 1 is 0.848 bits per heavy atom. The summed E-state index contributed by atoms with van der Waals surface area (Å²) in [5.74, 6) is 0.842. The highest BCUT2D eigenvalue weighted by atomic mass is 19.1. The van der Waals surface area contributed by atoms with Gasteiger partial charge in [0.2, 0.25) is 0 Å². The van der Waals surface area contributed by atoms with Gasteiger partial charge in [-0.1, -0.05) is 52.7 Å². The maximum absolute atomic E-state index is 12.7. The number of nitrogens with zero attached hydrogens (tertiary/aromatic N) is 2. The fraction of sp³-hybridized carbons (Fsp3) is 0.867. The highest BCUT2D eigenvalue weighted by Crippen LogP contribution is 2.69. The molecule has 0 bridgehead atoms. The summed E-state index contributed by atoms with van der Waals surface area (Å²) >= 11 is 0. The highest BCUT2D eigenvalue weighted by molar-refractivity contribution is 5.30. The van der Waals surface area contributed by atoms with Gasteiger partial charge >= 0.3 is 0 Å². The fourth-order valence-electron chi connectivity index (χ4n) is 8.69. The minimum absolute atomic E-state index is 0.361. The molecular formula is C30H51FN2. The summed E-state index contributed by atoms with van der Waals surface area (Å²) < 4.78 is 12.7. The van der Waals surface area contributed by atoms with Gasteiger partial charge in [-0.05, 0) is 107 Å². The maximum atomic E-state index is 12.7. The first-order valence-electron chi connectivity index (χ1n) is 14.3. The summed E-state index contributed by atoms with van der Waals surface area (Å²) in [4.78, 5) is 5.41. The van der Waals surface area contributed by atoms with Gasteiger partial charge < -0.3 is 0 Å². The van der Waals surface area contributed by atoms with Crippen LogP contribution < -0.4 is 0 Å². The first kappa shape index (κ1) is 25.4. The van der Waals surface area contributed by atoms with Crippen molar-refractivity contribution >= 4 is 0 Å². The van der Waals surface area contributed by atoms with E-state index in [0.29, 0.717) is 16.5 Å². The van der Waals surface area contributed by atoms with E-state index in [1.807, 2.05) is 13.8 Å². The Morgan fingerprint density at radius 2 is 1.36 bits per heavy atom. The van der Waals surface area contributed by atoms with E-state index in [1.165, 1.54) is 83.8 Å². The van der Waals surface area contributed by atoms with Crippen molar-refractivity contribution in [3.63, 3.8) is 0 Å². The molecule has 6 fully saturated rings. The van der Waals surface area contributed by atoms with Gasteiger partial charge in [-0.25, -0.2) is 4.39 Å². The summed E-state index contributed by atoms with van der Waals surface area (Å²) in [6.07, 6.45) is 18.2. The monoisotopic (exact) mass is 458 g/mol. The van der Waals surface area contributed by atoms with Crippen molar-refractivity contribution < 1.29 is 4.39 Å². The van der Waals surface area contributed by atoms with Gasteiger partial charge in [0.05, 0.1) is 6.33 Å². The van der Waals surface area contributed by atoms with Crippen LogP contribution in [-0.2, 0) is 0 Å². The zero-order chi connectivity index (χ0) is 23.9. The molecule has 2 atom stereocenters. The molecule has 0 N–H and O–H groups in total. The zero-order valence-electron chi connectivity index (χ0n) is 22.6. The largest absolute Gasteiger partial charge is 0.293 e. The van der Waals surface area contributed by atoms with Crippen molar-refractivity contribution in [3.8, 4) is 0 Å². The normalized spacial score (nSPS) is 37.3. The first-order chi connectivity index (χ1) is 15.9. The molecule has 0 amide bonds. The van der Waals surface area contributed by atoms with E-state index in [0.717, 1.165) is 36.2 Å². The Morgan fingerprint density at radius 3 is 1.85 bits per heavy atom. The van der Waals surface area contributed by atoms with Crippen molar-refractivity contribution in [2.45, 2.75) is 123 Å². The van der Waals surface area contributed by atoms with Crippen LogP contribution in [0.4, 0.5) is 4.39 Å². The van der Waals surface area contributed by atoms with E-state index < -0.39 is 0 Å². The molecule has 0 unspecified atom stereocenters. The van der Waals surface area contributed by atoms with Crippen molar-refractivity contribution in [1.82, 2.24) is 9.80 Å². The molecule has 3 heteroatoms. The molecule has 2 aliphatic carbocycles. The predicted octanol–water partition coefficient (Wildman–Crippen LogP) is 7.90. The topological polar surface area (TPSA) is 6.48 Å². The summed E-state index contributed by atoms with van der Waals surface area (Å²) in [5, 5.41) is 0. The quantitative estimate of drug-likeness (QED) is 0.395. The molecule has 0 aromatic rings. The molecule has 4 heterocycles. The smallest absolute Gasteiger partial charge is 0.0872 e. The Hall–Kier alpha value is -0.670. The Bertz CT molecular complexity index is 759. The molecule has 2 nitrogen and oxygen atoms in total. The van der Waals surface area contributed by atoms with Crippen LogP contribution in [0, 0.1) is 16.7 Å². The second-order valence-corrected chi connectivity index (χ2v) is 12.4. The third-order valence-corrected chi connectivity index (χ3v) is 10.4. The first-order valence-corrected chi connectivity index (χ1v) is 14.3. The van der Waals surface area contributed by atoms with Crippen LogP contribution in [0.2, 0.25) is 0 Å². The predicted molar refractivity (Wildman–Crippen MR) is 139 cm³/mol. The maximum Gasteiger partial charge on any atom is 0.0872 e. The van der Waals surface area contributed by atoms with Crippen molar-refractivity contribution in [3.05, 3.63) is 23.6 Å². The molecule has 188 valence electrons. The zero-order valence-corrected chi connectivity index (χ0v) is 22.6. The third-order valence-electron chi connectivity index (χ3n) is 10.4. The Labute approximate surface area is 204 Å². The lowest BCUT2D eigenvalue weighted by atomic mass is 9.74. The lowest BCUT2D eigenvalue weighted by molar-refractivity contribution is 0.108. The molecule has 2 saturated carbocycles. The Balaban J connectivity index is 0.000000147. The van der Waals surface area contributed by atoms with Gasteiger partial charge in [0.15, 0.2) is 0 Å². The van der Waals surface area contributed by atoms with Gasteiger partial charge in [-0.15, -0.1) is 0 Å². The molecule has 0 aromatic heterocycles. The Kier molecular flexibility index (Phi) is 7.25. The van der Waals surface area contributed by atoms with Gasteiger partial charge in [0, 0.05) is 24.2 Å². The van der Waals surface area contributed by atoms with E-state index >= 15 is 0 Å². The van der Waals surface area contributed by atoms with Gasteiger partial charge in [0.1, 0.15) is 0 Å². The molecule has 0 radical (unpaired) electrons. The van der Waals surface area contributed by atoms with Crippen LogP contribution >= 0.6 is 0 Å². The van der Waals surface area contributed by atoms with E-state index in [9.17, 15) is 4.39 Å². The molecule has 6 aliphatic rings. The van der Waals surface area contributed by atoms with Gasteiger partial charge in [0.25, 0.3) is 0 Å². The van der Waals surface area contributed by atoms with E-state index in [-0.39, 0.29) is 0 Å². The fourth-order valence-corrected chi connectivity index (χ4v) is 8.69. The standard InChI is InChI=1S/C15H25N.C13H20FN.C2H6/c1-4-13-10-15(9-12(2)3)14(5-6-14)7-8-16(15)11-13;1-2-3-13-8-11(9-14)10-15(13)7-6-12(13)4-5-12;1-2/h4,12H,5-11H2,1-3H3;9H,2-8,10H2,1H3;1-2H3/b13-4+;11-9-;/t15-;13-;/m11./s1. The van der Waals surface area contributed by atoms with Gasteiger partial charge in [-0.3, -0.25) is 9.80 Å². The average molecular weight is 459 g/mol. The summed E-state index contributed by atoms with van der Waals surface area (Å²) in [6.45, 7) is 18.0. The number of halogens is 1. The van der Waals surface area contributed by atoms with Crippen molar-refractivity contribution in [2.75, 3.05) is 26.2 Å². The van der Waals surface area contributed by atoms with E-state index in [2.05, 4.69) is 43.6 Å². The van der Waals surface area contributed by atoms with E-state index in [1.54, 1.807) is 5.57 Å². The van der Waals surface area contributed by atoms with Crippen LogP contribution in [-0.4, -0.2) is 47.1 Å². The molecule has 4 saturated heterocycles. The average Bonchev–Trinajstić information content (AvgIpc) is 3.66. The lowest BCUT2D eigenvalue weighted by Gasteiger charge is -2.39.